The Morgan fingerprint density at radius 3 is 2.23 bits per heavy atom. The second-order valence-electron chi connectivity index (χ2n) is 7.89. The summed E-state index contributed by atoms with van der Waals surface area (Å²) in [6.07, 6.45) is 4.59. The molecule has 0 aliphatic rings. The van der Waals surface area contributed by atoms with E-state index in [0.717, 1.165) is 17.4 Å². The van der Waals surface area contributed by atoms with Gasteiger partial charge in [-0.15, -0.1) is 0 Å². The van der Waals surface area contributed by atoms with Crippen molar-refractivity contribution in [1.82, 2.24) is 4.98 Å². The van der Waals surface area contributed by atoms with Gasteiger partial charge in [0.2, 0.25) is 0 Å². The van der Waals surface area contributed by atoms with Crippen molar-refractivity contribution >= 4 is 34.1 Å². The van der Waals surface area contributed by atoms with Crippen LogP contribution in [0.1, 0.15) is 36.2 Å². The Morgan fingerprint density at radius 2 is 1.71 bits per heavy atom. The second-order valence-corrected chi connectivity index (χ2v) is 9.91. The molecule has 0 saturated heterocycles. The van der Waals surface area contributed by atoms with Crippen LogP contribution in [-0.4, -0.2) is 41.9 Å². The van der Waals surface area contributed by atoms with Crippen molar-refractivity contribution < 1.29 is 23.6 Å². The first kappa shape index (κ1) is 22.9. The summed E-state index contributed by atoms with van der Waals surface area (Å²) in [4.78, 5) is 4.72. The molecular weight excluding hydrogens is 413 g/mol. The summed E-state index contributed by atoms with van der Waals surface area (Å²) < 4.78 is 23.6. The Kier molecular flexibility index (Phi) is 6.47. The Hall–Kier alpha value is -2.78. The van der Waals surface area contributed by atoms with Gasteiger partial charge in [0.05, 0.1) is 16.2 Å². The molecule has 0 spiro atoms. The predicted molar refractivity (Wildman–Crippen MR) is 122 cm³/mol. The largest absolute Gasteiger partial charge is 0.488 e. The van der Waals surface area contributed by atoms with Crippen LogP contribution in [0.4, 0.5) is 0 Å². The van der Waals surface area contributed by atoms with Crippen LogP contribution in [0.15, 0.2) is 71.8 Å². The summed E-state index contributed by atoms with van der Waals surface area (Å²) in [5.41, 5.74) is 2.78. The lowest BCUT2D eigenvalue weighted by Crippen LogP contribution is -2.29. The molecule has 3 rings (SSSR count). The number of pyridine rings is 1. The van der Waals surface area contributed by atoms with Crippen LogP contribution in [0.25, 0.3) is 11.6 Å². The highest BCUT2D eigenvalue weighted by molar-refractivity contribution is 7.90. The fourth-order valence-corrected chi connectivity index (χ4v) is 3.71. The molecule has 0 saturated carbocycles. The molecule has 31 heavy (non-hydrogen) atoms. The van der Waals surface area contributed by atoms with Gasteiger partial charge in [0, 0.05) is 23.6 Å². The van der Waals surface area contributed by atoms with E-state index >= 15 is 0 Å². The van der Waals surface area contributed by atoms with Crippen LogP contribution in [0, 0.1) is 0 Å². The van der Waals surface area contributed by atoms with Gasteiger partial charge in [0.25, 0.3) is 0 Å². The lowest BCUT2D eigenvalue weighted by atomic mass is 9.79. The molecule has 1 heterocycles. The molecule has 0 bridgehead atoms. The monoisotopic (exact) mass is 437 g/mol. The highest BCUT2D eigenvalue weighted by Crippen LogP contribution is 2.27. The zero-order valence-electron chi connectivity index (χ0n) is 17.5. The smallest absolute Gasteiger partial charge is 0.423 e. The Labute approximate surface area is 182 Å². The maximum absolute atomic E-state index is 11.8. The fraction of sp³-hybridized carbons (Fsp3) is 0.174. The molecule has 0 unspecified atom stereocenters. The van der Waals surface area contributed by atoms with Gasteiger partial charge in [-0.05, 0) is 54.7 Å². The summed E-state index contributed by atoms with van der Waals surface area (Å²) in [6.45, 7) is 3.35. The Morgan fingerprint density at radius 1 is 1.03 bits per heavy atom. The summed E-state index contributed by atoms with van der Waals surface area (Å²) in [7, 11) is -4.91. The number of aliphatic hydroxyl groups is 1. The van der Waals surface area contributed by atoms with Crippen molar-refractivity contribution in [3.63, 3.8) is 0 Å². The number of benzene rings is 2. The number of hydrogen-bond donors (Lipinski definition) is 3. The van der Waals surface area contributed by atoms with E-state index in [9.17, 15) is 23.6 Å². The lowest BCUT2D eigenvalue weighted by Gasteiger charge is -2.18. The van der Waals surface area contributed by atoms with Gasteiger partial charge < -0.3 is 15.2 Å². The van der Waals surface area contributed by atoms with Gasteiger partial charge in [-0.1, -0.05) is 42.5 Å². The average Bonchev–Trinajstić information content (AvgIpc) is 2.71. The van der Waals surface area contributed by atoms with Gasteiger partial charge in [0.15, 0.2) is 9.84 Å². The highest BCUT2D eigenvalue weighted by atomic mass is 32.2. The second kappa shape index (κ2) is 8.76. The van der Waals surface area contributed by atoms with E-state index in [1.165, 1.54) is 12.1 Å². The average molecular weight is 437 g/mol. The van der Waals surface area contributed by atoms with Crippen LogP contribution < -0.4 is 5.46 Å². The van der Waals surface area contributed by atoms with Crippen LogP contribution in [0.5, 0.6) is 0 Å². The Bertz CT molecular complexity index is 1200. The quantitative estimate of drug-likeness (QED) is 0.402. The van der Waals surface area contributed by atoms with Crippen LogP contribution >= 0.6 is 0 Å². The molecule has 8 heteroatoms. The zero-order valence-corrected chi connectivity index (χ0v) is 18.3. The number of aromatic nitrogens is 1. The molecule has 0 aliphatic carbocycles. The third-order valence-electron chi connectivity index (χ3n) is 4.86. The Balaban J connectivity index is 2.13. The molecule has 0 atom stereocenters. The molecule has 0 aliphatic heterocycles. The molecular formula is C23H24BNO5S. The molecule has 160 valence electrons. The van der Waals surface area contributed by atoms with Gasteiger partial charge in [-0.3, -0.25) is 4.98 Å². The fourth-order valence-electron chi connectivity index (χ4n) is 3.08. The molecule has 0 fully saturated rings. The third kappa shape index (κ3) is 5.68. The number of nitrogens with zero attached hydrogens (tertiary/aromatic N) is 1. The maximum atomic E-state index is 11.8. The van der Waals surface area contributed by atoms with Crippen molar-refractivity contribution in [3.05, 3.63) is 89.2 Å². The zero-order chi connectivity index (χ0) is 22.8. The van der Waals surface area contributed by atoms with Gasteiger partial charge in [-0.2, -0.15) is 0 Å². The SMILES string of the molecule is CC(C)(O)c1ccc(/C(=C/c2cccc(B(O)O)c2)c2ccc(S(C)(=O)=O)cc2)nc1. The van der Waals surface area contributed by atoms with E-state index in [1.54, 1.807) is 62.5 Å². The minimum atomic E-state index is -3.32. The number of rotatable bonds is 6. The topological polar surface area (TPSA) is 108 Å². The summed E-state index contributed by atoms with van der Waals surface area (Å²) >= 11 is 0. The highest BCUT2D eigenvalue weighted by Gasteiger charge is 2.17. The van der Waals surface area contributed by atoms with Crippen LogP contribution in [-0.2, 0) is 15.4 Å². The van der Waals surface area contributed by atoms with E-state index in [0.29, 0.717) is 22.3 Å². The number of sulfone groups is 1. The summed E-state index contributed by atoms with van der Waals surface area (Å²) in [5, 5.41) is 29.1. The van der Waals surface area contributed by atoms with E-state index in [-0.39, 0.29) is 4.90 Å². The maximum Gasteiger partial charge on any atom is 0.488 e. The van der Waals surface area contributed by atoms with E-state index in [2.05, 4.69) is 4.98 Å². The normalized spacial score (nSPS) is 12.6. The van der Waals surface area contributed by atoms with Crippen molar-refractivity contribution in [3.8, 4) is 0 Å². The van der Waals surface area contributed by atoms with Gasteiger partial charge in [0.1, 0.15) is 0 Å². The van der Waals surface area contributed by atoms with E-state index in [1.807, 2.05) is 12.1 Å². The van der Waals surface area contributed by atoms with Crippen molar-refractivity contribution in [2.45, 2.75) is 24.3 Å². The van der Waals surface area contributed by atoms with E-state index in [4.69, 9.17) is 0 Å². The molecule has 6 nitrogen and oxygen atoms in total. The summed E-state index contributed by atoms with van der Waals surface area (Å²) in [6, 6.07) is 16.9. The summed E-state index contributed by atoms with van der Waals surface area (Å²) in [5.74, 6) is 0. The van der Waals surface area contributed by atoms with E-state index < -0.39 is 22.6 Å². The molecule has 0 radical (unpaired) electrons. The molecule has 3 N–H and O–H groups in total. The van der Waals surface area contributed by atoms with Gasteiger partial charge in [-0.25, -0.2) is 8.42 Å². The third-order valence-corrected chi connectivity index (χ3v) is 5.99. The molecule has 2 aromatic carbocycles. The van der Waals surface area contributed by atoms with Gasteiger partial charge >= 0.3 is 7.12 Å². The molecule has 3 aromatic rings. The minimum absolute atomic E-state index is 0.214. The van der Waals surface area contributed by atoms with Crippen molar-refractivity contribution in [1.29, 1.82) is 0 Å². The standard InChI is InChI=1S/C23H24BNO5S/c1-23(2,26)18-9-12-22(25-15-18)21(14-16-5-4-6-19(13-16)24(27)28)17-7-10-20(11-8-17)31(3,29)30/h4-15,26-28H,1-3H3/b21-14+. The lowest BCUT2D eigenvalue weighted by molar-refractivity contribution is 0.0782. The molecule has 0 amide bonds. The minimum Gasteiger partial charge on any atom is -0.423 e. The van der Waals surface area contributed by atoms with Crippen LogP contribution in [0.2, 0.25) is 0 Å². The van der Waals surface area contributed by atoms with Crippen LogP contribution in [0.3, 0.4) is 0 Å². The van der Waals surface area contributed by atoms with Crippen molar-refractivity contribution in [2.75, 3.05) is 6.26 Å². The molecule has 1 aromatic heterocycles. The predicted octanol–water partition coefficient (Wildman–Crippen LogP) is 1.98. The first-order valence-electron chi connectivity index (χ1n) is 9.63. The van der Waals surface area contributed by atoms with Crippen molar-refractivity contribution in [2.24, 2.45) is 0 Å². The first-order valence-corrected chi connectivity index (χ1v) is 11.5. The number of hydrogen-bond acceptors (Lipinski definition) is 6. The first-order chi connectivity index (χ1) is 14.4.